The summed E-state index contributed by atoms with van der Waals surface area (Å²) in [5.74, 6) is 2.69. The van der Waals surface area contributed by atoms with Crippen LogP contribution in [0.5, 0.6) is 11.5 Å². The molecular weight excluding hydrogens is 420 g/mol. The first kappa shape index (κ1) is 22.8. The molecule has 1 aliphatic heterocycles. The third-order valence-corrected chi connectivity index (χ3v) is 6.03. The van der Waals surface area contributed by atoms with Crippen molar-refractivity contribution in [1.29, 1.82) is 0 Å². The number of nitrogens with zero attached hydrogens (tertiary/aromatic N) is 3. The van der Waals surface area contributed by atoms with Crippen LogP contribution in [0.25, 0.3) is 11.4 Å². The molecule has 1 fully saturated rings. The van der Waals surface area contributed by atoms with Crippen molar-refractivity contribution in [1.82, 2.24) is 20.4 Å². The maximum Gasteiger partial charge on any atom is 0.241 e. The molecule has 2 atom stereocenters. The van der Waals surface area contributed by atoms with Crippen molar-refractivity contribution in [3.05, 3.63) is 60.0 Å². The third-order valence-electron chi connectivity index (χ3n) is 6.03. The lowest BCUT2D eigenvalue weighted by atomic mass is 9.96. The van der Waals surface area contributed by atoms with Crippen LogP contribution >= 0.6 is 0 Å². The fraction of sp³-hybridized carbons (Fsp3) is 0.400. The van der Waals surface area contributed by atoms with Crippen LogP contribution in [-0.2, 0) is 11.3 Å². The number of carbonyl (C=O) groups is 1. The third kappa shape index (κ3) is 5.70. The Kier molecular flexibility index (Phi) is 7.24. The standard InChI is InChI=1S/C25H30N4O4/c1-17(18-6-10-21(31-2)11-7-18)26-25(30)20-5-4-14-29(15-20)16-23-27-24(28-33-23)19-8-12-22(32-3)13-9-19/h6-13,17,20H,4-5,14-16H2,1-3H3,(H,26,30). The van der Waals surface area contributed by atoms with Crippen molar-refractivity contribution in [2.45, 2.75) is 32.4 Å². The Bertz CT molecular complexity index is 1050. The normalized spacial score (nSPS) is 17.4. The molecule has 1 saturated heterocycles. The number of rotatable bonds is 8. The summed E-state index contributed by atoms with van der Waals surface area (Å²) in [4.78, 5) is 19.7. The van der Waals surface area contributed by atoms with Gasteiger partial charge in [-0.2, -0.15) is 4.98 Å². The fourth-order valence-electron chi connectivity index (χ4n) is 4.09. The van der Waals surface area contributed by atoms with Crippen LogP contribution < -0.4 is 14.8 Å². The van der Waals surface area contributed by atoms with E-state index < -0.39 is 0 Å². The van der Waals surface area contributed by atoms with Crippen molar-refractivity contribution in [3.63, 3.8) is 0 Å². The maximum atomic E-state index is 12.9. The van der Waals surface area contributed by atoms with E-state index >= 15 is 0 Å². The van der Waals surface area contributed by atoms with E-state index in [9.17, 15) is 4.79 Å². The Labute approximate surface area is 193 Å². The van der Waals surface area contributed by atoms with E-state index in [1.54, 1.807) is 14.2 Å². The number of methoxy groups -OCH3 is 2. The van der Waals surface area contributed by atoms with Gasteiger partial charge in [0.1, 0.15) is 11.5 Å². The van der Waals surface area contributed by atoms with Crippen molar-refractivity contribution >= 4 is 5.91 Å². The van der Waals surface area contributed by atoms with Gasteiger partial charge in [0.15, 0.2) is 0 Å². The van der Waals surface area contributed by atoms with E-state index in [1.165, 1.54) is 0 Å². The van der Waals surface area contributed by atoms with E-state index in [2.05, 4.69) is 20.4 Å². The zero-order valence-corrected chi connectivity index (χ0v) is 19.3. The molecule has 33 heavy (non-hydrogen) atoms. The number of carbonyl (C=O) groups excluding carboxylic acids is 1. The molecule has 0 radical (unpaired) electrons. The second-order valence-electron chi connectivity index (χ2n) is 8.32. The minimum atomic E-state index is -0.0678. The smallest absolute Gasteiger partial charge is 0.241 e. The summed E-state index contributed by atoms with van der Waals surface area (Å²) in [6.07, 6.45) is 1.83. The Morgan fingerprint density at radius 1 is 1.12 bits per heavy atom. The van der Waals surface area contributed by atoms with Gasteiger partial charge in [-0.1, -0.05) is 17.3 Å². The van der Waals surface area contributed by atoms with Gasteiger partial charge >= 0.3 is 0 Å². The summed E-state index contributed by atoms with van der Waals surface area (Å²) in [5, 5.41) is 7.26. The Morgan fingerprint density at radius 3 is 2.45 bits per heavy atom. The van der Waals surface area contributed by atoms with Crippen LogP contribution in [0.2, 0.25) is 0 Å². The molecule has 1 N–H and O–H groups in total. The average Bonchev–Trinajstić information content (AvgIpc) is 3.32. The molecule has 4 rings (SSSR count). The van der Waals surface area contributed by atoms with Gasteiger partial charge in [0.2, 0.25) is 17.6 Å². The molecule has 1 aliphatic rings. The van der Waals surface area contributed by atoms with Gasteiger partial charge in [0, 0.05) is 12.1 Å². The molecule has 174 valence electrons. The second-order valence-corrected chi connectivity index (χ2v) is 8.32. The fourth-order valence-corrected chi connectivity index (χ4v) is 4.09. The number of hydrogen-bond acceptors (Lipinski definition) is 7. The Hall–Kier alpha value is -3.39. The molecular formula is C25H30N4O4. The van der Waals surface area contributed by atoms with Crippen LogP contribution in [0.4, 0.5) is 0 Å². The first-order valence-electron chi connectivity index (χ1n) is 11.2. The monoisotopic (exact) mass is 450 g/mol. The van der Waals surface area contributed by atoms with E-state index in [1.807, 2.05) is 55.5 Å². The SMILES string of the molecule is COc1ccc(-c2noc(CN3CCCC(C(=O)NC(C)c4ccc(OC)cc4)C3)n2)cc1. The van der Waals surface area contributed by atoms with Crippen molar-refractivity contribution in [2.75, 3.05) is 27.3 Å². The summed E-state index contributed by atoms with van der Waals surface area (Å²) in [6.45, 7) is 4.10. The van der Waals surface area contributed by atoms with Crippen LogP contribution in [0.15, 0.2) is 53.1 Å². The molecule has 0 bridgehead atoms. The second kappa shape index (κ2) is 10.5. The predicted molar refractivity (Wildman–Crippen MR) is 124 cm³/mol. The number of ether oxygens (including phenoxy) is 2. The Balaban J connectivity index is 1.32. The summed E-state index contributed by atoms with van der Waals surface area (Å²) in [6, 6.07) is 15.2. The Morgan fingerprint density at radius 2 is 1.79 bits per heavy atom. The first-order valence-corrected chi connectivity index (χ1v) is 11.2. The highest BCUT2D eigenvalue weighted by Crippen LogP contribution is 2.23. The quantitative estimate of drug-likeness (QED) is 0.558. The van der Waals surface area contributed by atoms with E-state index in [4.69, 9.17) is 14.0 Å². The molecule has 2 aromatic carbocycles. The number of hydrogen-bond donors (Lipinski definition) is 1. The molecule has 0 spiro atoms. The highest BCUT2D eigenvalue weighted by atomic mass is 16.5. The number of piperidine rings is 1. The molecule has 8 heteroatoms. The molecule has 2 unspecified atom stereocenters. The van der Waals surface area contributed by atoms with Crippen molar-refractivity contribution in [3.8, 4) is 22.9 Å². The predicted octanol–water partition coefficient (Wildman–Crippen LogP) is 3.84. The molecule has 2 heterocycles. The largest absolute Gasteiger partial charge is 0.497 e. The minimum absolute atomic E-state index is 0.0663. The van der Waals surface area contributed by atoms with Gasteiger partial charge in [0.05, 0.1) is 32.7 Å². The van der Waals surface area contributed by atoms with Gasteiger partial charge in [0.25, 0.3) is 0 Å². The topological polar surface area (TPSA) is 89.7 Å². The number of benzene rings is 2. The summed E-state index contributed by atoms with van der Waals surface area (Å²) in [5.41, 5.74) is 1.92. The maximum absolute atomic E-state index is 12.9. The van der Waals surface area contributed by atoms with Crippen LogP contribution in [0.1, 0.15) is 37.3 Å². The summed E-state index contributed by atoms with van der Waals surface area (Å²) >= 11 is 0. The lowest BCUT2D eigenvalue weighted by Gasteiger charge is -2.31. The zero-order chi connectivity index (χ0) is 23.2. The van der Waals surface area contributed by atoms with E-state index in [0.29, 0.717) is 24.8 Å². The van der Waals surface area contributed by atoms with Gasteiger partial charge in [-0.05, 0) is 68.3 Å². The van der Waals surface area contributed by atoms with Gasteiger partial charge in [-0.15, -0.1) is 0 Å². The highest BCUT2D eigenvalue weighted by molar-refractivity contribution is 5.79. The van der Waals surface area contributed by atoms with Crippen molar-refractivity contribution in [2.24, 2.45) is 5.92 Å². The minimum Gasteiger partial charge on any atom is -0.497 e. The van der Waals surface area contributed by atoms with E-state index in [0.717, 1.165) is 42.0 Å². The molecule has 1 amide bonds. The molecule has 3 aromatic rings. The van der Waals surface area contributed by atoms with Gasteiger partial charge in [-0.3, -0.25) is 9.69 Å². The first-order chi connectivity index (χ1) is 16.1. The number of aromatic nitrogens is 2. The van der Waals surface area contributed by atoms with Crippen LogP contribution in [0, 0.1) is 5.92 Å². The number of amides is 1. The summed E-state index contributed by atoms with van der Waals surface area (Å²) < 4.78 is 15.9. The average molecular weight is 451 g/mol. The van der Waals surface area contributed by atoms with Gasteiger partial charge in [-0.25, -0.2) is 0 Å². The molecule has 8 nitrogen and oxygen atoms in total. The van der Waals surface area contributed by atoms with E-state index in [-0.39, 0.29) is 17.9 Å². The molecule has 0 saturated carbocycles. The van der Waals surface area contributed by atoms with Crippen LogP contribution in [0.3, 0.4) is 0 Å². The van der Waals surface area contributed by atoms with Crippen LogP contribution in [-0.4, -0.2) is 48.3 Å². The molecule has 1 aromatic heterocycles. The van der Waals surface area contributed by atoms with Crippen molar-refractivity contribution < 1.29 is 18.8 Å². The lowest BCUT2D eigenvalue weighted by Crippen LogP contribution is -2.43. The molecule has 0 aliphatic carbocycles. The number of nitrogens with one attached hydrogen (secondary N) is 1. The highest BCUT2D eigenvalue weighted by Gasteiger charge is 2.28. The number of likely N-dealkylation sites (tertiary alicyclic amines) is 1. The lowest BCUT2D eigenvalue weighted by molar-refractivity contribution is -0.127. The zero-order valence-electron chi connectivity index (χ0n) is 19.3. The van der Waals surface area contributed by atoms with Gasteiger partial charge < -0.3 is 19.3 Å². The summed E-state index contributed by atoms with van der Waals surface area (Å²) in [7, 11) is 3.27.